The molecule has 0 unspecified atom stereocenters. The molecule has 0 radical (unpaired) electrons. The number of allylic oxidation sites excluding steroid dienone is 3. The van der Waals surface area contributed by atoms with Crippen LogP contribution < -0.4 is 0 Å². The Labute approximate surface area is 157 Å². The van der Waals surface area contributed by atoms with Crippen LogP contribution in [0.25, 0.3) is 0 Å². The van der Waals surface area contributed by atoms with E-state index in [1.807, 2.05) is 0 Å². The highest BCUT2D eigenvalue weighted by Gasteiger charge is 2.36. The van der Waals surface area contributed by atoms with E-state index in [4.69, 9.17) is 0 Å². The van der Waals surface area contributed by atoms with Crippen molar-refractivity contribution in [3.63, 3.8) is 0 Å². The summed E-state index contributed by atoms with van der Waals surface area (Å²) < 4.78 is 0. The lowest BCUT2D eigenvalue weighted by Crippen LogP contribution is -2.49. The normalized spacial score (nSPS) is 26.2. The lowest BCUT2D eigenvalue weighted by atomic mass is 9.70. The number of hydrogen-bond acceptors (Lipinski definition) is 1. The molecular weight excluding hydrogens is 302 g/mol. The molecule has 0 aliphatic heterocycles. The minimum atomic E-state index is 0.286. The highest BCUT2D eigenvalue weighted by atomic mass is 15.2. The molecule has 0 aromatic rings. The van der Waals surface area contributed by atoms with Crippen molar-refractivity contribution >= 4 is 0 Å². The Morgan fingerprint density at radius 2 is 1.76 bits per heavy atom. The summed E-state index contributed by atoms with van der Waals surface area (Å²) in [6, 6.07) is 0. The molecule has 0 atom stereocenters. The maximum atomic E-state index is 4.09. The van der Waals surface area contributed by atoms with Crippen LogP contribution in [0, 0.1) is 17.8 Å². The van der Waals surface area contributed by atoms with Crippen LogP contribution in [0.4, 0.5) is 0 Å². The summed E-state index contributed by atoms with van der Waals surface area (Å²) in [6.45, 7) is 18.1. The topological polar surface area (TPSA) is 3.24 Å². The van der Waals surface area contributed by atoms with Crippen molar-refractivity contribution in [1.82, 2.24) is 4.90 Å². The molecule has 0 aromatic carbocycles. The molecule has 25 heavy (non-hydrogen) atoms. The standard InChI is InChI=1S/C24H41N/c1-7-20(15-14-19(4)22-16-21(8-2)17-22)18-25(9-3)24(5,6)23-12-10-11-13-23/h7,14-15,21-23H,1,8-13,16-18H2,2-6H3/b19-14?,20-15+. The van der Waals surface area contributed by atoms with Crippen LogP contribution in [0.1, 0.15) is 79.6 Å². The van der Waals surface area contributed by atoms with Gasteiger partial charge in [0.2, 0.25) is 0 Å². The number of nitrogens with zero attached hydrogens (tertiary/aromatic N) is 1. The monoisotopic (exact) mass is 343 g/mol. The molecule has 142 valence electrons. The average molecular weight is 344 g/mol. The zero-order valence-electron chi connectivity index (χ0n) is 17.5. The summed E-state index contributed by atoms with van der Waals surface area (Å²) in [6.07, 6.45) is 16.5. The first-order valence-corrected chi connectivity index (χ1v) is 10.7. The summed E-state index contributed by atoms with van der Waals surface area (Å²) in [5, 5.41) is 0. The van der Waals surface area contributed by atoms with Gasteiger partial charge in [-0.1, -0.05) is 63.5 Å². The molecule has 0 heterocycles. The van der Waals surface area contributed by atoms with E-state index in [9.17, 15) is 0 Å². The van der Waals surface area contributed by atoms with Gasteiger partial charge in [0.25, 0.3) is 0 Å². The Hall–Kier alpha value is -0.820. The molecule has 2 saturated carbocycles. The van der Waals surface area contributed by atoms with E-state index in [0.717, 1.165) is 30.8 Å². The van der Waals surface area contributed by atoms with E-state index >= 15 is 0 Å². The van der Waals surface area contributed by atoms with Gasteiger partial charge in [-0.2, -0.15) is 0 Å². The fourth-order valence-corrected chi connectivity index (χ4v) is 4.83. The van der Waals surface area contributed by atoms with Gasteiger partial charge in [0, 0.05) is 12.1 Å². The molecule has 0 spiro atoms. The molecule has 0 amide bonds. The summed E-state index contributed by atoms with van der Waals surface area (Å²) >= 11 is 0. The van der Waals surface area contributed by atoms with Crippen LogP contribution in [-0.2, 0) is 0 Å². The van der Waals surface area contributed by atoms with Crippen LogP contribution in [0.3, 0.4) is 0 Å². The second kappa shape index (κ2) is 9.21. The van der Waals surface area contributed by atoms with Crippen molar-refractivity contribution in [1.29, 1.82) is 0 Å². The van der Waals surface area contributed by atoms with Crippen molar-refractivity contribution in [2.45, 2.75) is 85.1 Å². The van der Waals surface area contributed by atoms with Gasteiger partial charge in [0.1, 0.15) is 0 Å². The van der Waals surface area contributed by atoms with Gasteiger partial charge in [0.15, 0.2) is 0 Å². The largest absolute Gasteiger partial charge is 0.294 e. The van der Waals surface area contributed by atoms with Gasteiger partial charge in [0.05, 0.1) is 0 Å². The number of rotatable bonds is 9. The van der Waals surface area contributed by atoms with Crippen molar-refractivity contribution in [2.75, 3.05) is 13.1 Å². The van der Waals surface area contributed by atoms with Gasteiger partial charge in [-0.05, 0) is 76.3 Å². The fourth-order valence-electron chi connectivity index (χ4n) is 4.83. The third-order valence-electron chi connectivity index (χ3n) is 7.20. The van der Waals surface area contributed by atoms with Crippen LogP contribution in [-0.4, -0.2) is 23.5 Å². The molecule has 0 N–H and O–H groups in total. The molecule has 0 bridgehead atoms. The predicted molar refractivity (Wildman–Crippen MR) is 112 cm³/mol. The highest BCUT2D eigenvalue weighted by Crippen LogP contribution is 2.40. The molecular formula is C24H41N. The van der Waals surface area contributed by atoms with Crippen LogP contribution in [0.15, 0.2) is 36.0 Å². The van der Waals surface area contributed by atoms with Crippen molar-refractivity contribution < 1.29 is 0 Å². The Balaban J connectivity index is 1.99. The predicted octanol–water partition coefficient (Wildman–Crippen LogP) is 6.77. The lowest BCUT2D eigenvalue weighted by Gasteiger charge is -2.43. The quantitative estimate of drug-likeness (QED) is 0.417. The molecule has 1 heteroatoms. The van der Waals surface area contributed by atoms with Crippen molar-refractivity contribution in [2.24, 2.45) is 17.8 Å². The lowest BCUT2D eigenvalue weighted by molar-refractivity contribution is 0.0796. The molecule has 0 aromatic heterocycles. The average Bonchev–Trinajstić information content (AvgIpc) is 3.09. The first kappa shape index (κ1) is 20.5. The molecule has 0 saturated heterocycles. The summed E-state index contributed by atoms with van der Waals surface area (Å²) in [4.78, 5) is 2.66. The Morgan fingerprint density at radius 3 is 2.28 bits per heavy atom. The molecule has 1 nitrogen and oxygen atoms in total. The van der Waals surface area contributed by atoms with E-state index in [0.29, 0.717) is 0 Å². The van der Waals surface area contributed by atoms with Crippen LogP contribution in [0.5, 0.6) is 0 Å². The third-order valence-corrected chi connectivity index (χ3v) is 7.20. The Kier molecular flexibility index (Phi) is 7.55. The molecule has 2 aliphatic rings. The SMILES string of the molecule is C=C/C(=C\C=C(C)C1CC(CC)C1)CN(CC)C(C)(C)C1CCCC1. The zero-order chi connectivity index (χ0) is 18.4. The van der Waals surface area contributed by atoms with E-state index in [-0.39, 0.29) is 5.54 Å². The van der Waals surface area contributed by atoms with Crippen molar-refractivity contribution in [3.05, 3.63) is 36.0 Å². The van der Waals surface area contributed by atoms with Gasteiger partial charge < -0.3 is 0 Å². The zero-order valence-corrected chi connectivity index (χ0v) is 17.5. The Bertz CT molecular complexity index is 484. The van der Waals surface area contributed by atoms with Gasteiger partial charge in [-0.15, -0.1) is 0 Å². The van der Waals surface area contributed by atoms with Crippen molar-refractivity contribution in [3.8, 4) is 0 Å². The van der Waals surface area contributed by atoms with E-state index in [1.54, 1.807) is 5.57 Å². The molecule has 2 aliphatic carbocycles. The first-order chi connectivity index (χ1) is 11.9. The van der Waals surface area contributed by atoms with Crippen LogP contribution in [0.2, 0.25) is 0 Å². The van der Waals surface area contributed by atoms with E-state index in [2.05, 4.69) is 64.3 Å². The summed E-state index contributed by atoms with van der Waals surface area (Å²) in [7, 11) is 0. The molecule has 2 rings (SSSR count). The van der Waals surface area contributed by atoms with Gasteiger partial charge in [-0.25, -0.2) is 0 Å². The maximum Gasteiger partial charge on any atom is 0.0238 e. The second-order valence-electron chi connectivity index (χ2n) is 8.95. The first-order valence-electron chi connectivity index (χ1n) is 10.7. The van der Waals surface area contributed by atoms with Crippen LogP contribution >= 0.6 is 0 Å². The van der Waals surface area contributed by atoms with Gasteiger partial charge >= 0.3 is 0 Å². The summed E-state index contributed by atoms with van der Waals surface area (Å²) in [5.41, 5.74) is 3.20. The number of likely N-dealkylation sites (N-methyl/N-ethyl adjacent to an activating group) is 1. The maximum absolute atomic E-state index is 4.09. The van der Waals surface area contributed by atoms with Gasteiger partial charge in [-0.3, -0.25) is 4.90 Å². The third kappa shape index (κ3) is 5.09. The summed E-state index contributed by atoms with van der Waals surface area (Å²) in [5.74, 6) is 2.64. The minimum absolute atomic E-state index is 0.286. The fraction of sp³-hybridized carbons (Fsp3) is 0.750. The smallest absolute Gasteiger partial charge is 0.0238 e. The second-order valence-corrected chi connectivity index (χ2v) is 8.95. The molecule has 2 fully saturated rings. The number of hydrogen-bond donors (Lipinski definition) is 0. The van der Waals surface area contributed by atoms with E-state index < -0.39 is 0 Å². The Morgan fingerprint density at radius 1 is 1.12 bits per heavy atom. The minimum Gasteiger partial charge on any atom is -0.294 e. The van der Waals surface area contributed by atoms with E-state index in [1.165, 1.54) is 50.5 Å². The highest BCUT2D eigenvalue weighted by molar-refractivity contribution is 5.27.